The van der Waals surface area contributed by atoms with Gasteiger partial charge in [-0.15, -0.1) is 0 Å². The Kier molecular flexibility index (Phi) is 3.36. The molecule has 0 saturated carbocycles. The number of aromatic nitrogens is 1. The van der Waals surface area contributed by atoms with Crippen molar-refractivity contribution < 1.29 is 4.74 Å². The van der Waals surface area contributed by atoms with Crippen molar-refractivity contribution in [1.82, 2.24) is 4.57 Å². The molecule has 0 radical (unpaired) electrons. The second-order valence-corrected chi connectivity index (χ2v) is 4.07. The first-order chi connectivity index (χ1) is 8.17. The minimum Gasteiger partial charge on any atom is -0.495 e. The fourth-order valence-corrected chi connectivity index (χ4v) is 2.03. The van der Waals surface area contributed by atoms with Crippen LogP contribution in [0.4, 0.5) is 0 Å². The molecule has 2 aromatic rings. The normalized spacial score (nSPS) is 10.8. The summed E-state index contributed by atoms with van der Waals surface area (Å²) in [5.74, 6) is 0.502. The molecule has 0 spiro atoms. The molecule has 5 heteroatoms. The van der Waals surface area contributed by atoms with E-state index in [2.05, 4.69) is 0 Å². The Labute approximate surface area is 104 Å². The molecule has 0 aliphatic heterocycles. The van der Waals surface area contributed by atoms with E-state index in [9.17, 15) is 4.79 Å². The Morgan fingerprint density at radius 2 is 2.24 bits per heavy atom. The Balaban J connectivity index is 2.78. The van der Waals surface area contributed by atoms with Crippen LogP contribution >= 0.6 is 11.6 Å². The number of hydrogen-bond acceptors (Lipinski definition) is 3. The highest BCUT2D eigenvalue weighted by Crippen LogP contribution is 2.28. The minimum atomic E-state index is -0.0526. The van der Waals surface area contributed by atoms with Gasteiger partial charge in [0.1, 0.15) is 5.75 Å². The molecule has 0 saturated heterocycles. The standard InChI is InChI=1S/C12H13ClN2O2/c1-17-12-6-8-10(7-9(12)13)15(5-3-14)4-2-11(8)16/h2,4,6-7H,3,5,14H2,1H3. The van der Waals surface area contributed by atoms with Crippen molar-refractivity contribution in [2.45, 2.75) is 6.54 Å². The molecule has 0 fully saturated rings. The lowest BCUT2D eigenvalue weighted by Gasteiger charge is -2.11. The Hall–Kier alpha value is -1.52. The first-order valence-corrected chi connectivity index (χ1v) is 5.62. The molecule has 1 heterocycles. The van der Waals surface area contributed by atoms with Crippen molar-refractivity contribution in [2.75, 3.05) is 13.7 Å². The molecule has 17 heavy (non-hydrogen) atoms. The van der Waals surface area contributed by atoms with Gasteiger partial charge in [0.15, 0.2) is 5.43 Å². The molecular weight excluding hydrogens is 240 g/mol. The number of nitrogens with two attached hydrogens (primary N) is 1. The predicted molar refractivity (Wildman–Crippen MR) is 68.8 cm³/mol. The van der Waals surface area contributed by atoms with Crippen molar-refractivity contribution in [3.8, 4) is 5.75 Å². The van der Waals surface area contributed by atoms with Crippen molar-refractivity contribution >= 4 is 22.5 Å². The molecule has 2 N–H and O–H groups in total. The maximum Gasteiger partial charge on any atom is 0.189 e. The second-order valence-electron chi connectivity index (χ2n) is 3.67. The highest BCUT2D eigenvalue weighted by Gasteiger charge is 2.08. The van der Waals surface area contributed by atoms with E-state index >= 15 is 0 Å². The summed E-state index contributed by atoms with van der Waals surface area (Å²) >= 11 is 6.06. The SMILES string of the molecule is COc1cc2c(=O)ccn(CCN)c2cc1Cl. The molecule has 0 aliphatic rings. The van der Waals surface area contributed by atoms with Crippen LogP contribution in [0.15, 0.2) is 29.2 Å². The lowest BCUT2D eigenvalue weighted by molar-refractivity contribution is 0.415. The van der Waals surface area contributed by atoms with E-state index in [0.717, 1.165) is 5.52 Å². The van der Waals surface area contributed by atoms with Gasteiger partial charge in [0.25, 0.3) is 0 Å². The Bertz CT molecular complexity index is 607. The first-order valence-electron chi connectivity index (χ1n) is 5.24. The minimum absolute atomic E-state index is 0.0526. The number of pyridine rings is 1. The van der Waals surface area contributed by atoms with Crippen LogP contribution in [0, 0.1) is 0 Å². The fourth-order valence-electron chi connectivity index (χ4n) is 1.80. The fraction of sp³-hybridized carbons (Fsp3) is 0.250. The van der Waals surface area contributed by atoms with Gasteiger partial charge >= 0.3 is 0 Å². The zero-order valence-electron chi connectivity index (χ0n) is 9.44. The number of fused-ring (bicyclic) bond motifs is 1. The molecule has 0 atom stereocenters. The number of hydrogen-bond donors (Lipinski definition) is 1. The number of halogens is 1. The van der Waals surface area contributed by atoms with Gasteiger partial charge in [-0.25, -0.2) is 0 Å². The number of ether oxygens (including phenoxy) is 1. The summed E-state index contributed by atoms with van der Waals surface area (Å²) in [6.07, 6.45) is 1.72. The lowest BCUT2D eigenvalue weighted by Crippen LogP contribution is -2.14. The number of benzene rings is 1. The van der Waals surface area contributed by atoms with Crippen LogP contribution in [0.3, 0.4) is 0 Å². The number of methoxy groups -OCH3 is 1. The van der Waals surface area contributed by atoms with Crippen LogP contribution in [-0.4, -0.2) is 18.2 Å². The Morgan fingerprint density at radius 1 is 1.47 bits per heavy atom. The number of rotatable bonds is 3. The number of nitrogens with zero attached hydrogens (tertiary/aromatic N) is 1. The van der Waals surface area contributed by atoms with Crippen molar-refractivity contribution in [3.63, 3.8) is 0 Å². The van der Waals surface area contributed by atoms with Crippen molar-refractivity contribution in [3.05, 3.63) is 39.6 Å². The maximum atomic E-state index is 11.8. The summed E-state index contributed by atoms with van der Waals surface area (Å²) < 4.78 is 7.01. The monoisotopic (exact) mass is 252 g/mol. The summed E-state index contributed by atoms with van der Waals surface area (Å²) in [6, 6.07) is 4.91. The van der Waals surface area contributed by atoms with E-state index in [-0.39, 0.29) is 5.43 Å². The van der Waals surface area contributed by atoms with Crippen LogP contribution in [-0.2, 0) is 6.54 Å². The van der Waals surface area contributed by atoms with Gasteiger partial charge in [0, 0.05) is 30.7 Å². The average Bonchev–Trinajstić information content (AvgIpc) is 2.32. The van der Waals surface area contributed by atoms with E-state index < -0.39 is 0 Å². The van der Waals surface area contributed by atoms with Gasteiger partial charge in [-0.3, -0.25) is 4.79 Å². The quantitative estimate of drug-likeness (QED) is 0.903. The predicted octanol–water partition coefficient (Wildman–Crippen LogP) is 1.62. The maximum absolute atomic E-state index is 11.8. The van der Waals surface area contributed by atoms with Crippen LogP contribution < -0.4 is 15.9 Å². The van der Waals surface area contributed by atoms with E-state index in [1.807, 2.05) is 4.57 Å². The summed E-state index contributed by atoms with van der Waals surface area (Å²) in [5, 5.41) is 1.07. The molecule has 0 unspecified atom stereocenters. The third-order valence-electron chi connectivity index (χ3n) is 2.62. The highest BCUT2D eigenvalue weighted by atomic mass is 35.5. The molecule has 1 aromatic heterocycles. The molecule has 4 nitrogen and oxygen atoms in total. The molecule has 0 amide bonds. The molecule has 0 aliphatic carbocycles. The summed E-state index contributed by atoms with van der Waals surface area (Å²) in [4.78, 5) is 11.8. The van der Waals surface area contributed by atoms with Crippen LogP contribution in [0.1, 0.15) is 0 Å². The summed E-state index contributed by atoms with van der Waals surface area (Å²) in [5.41, 5.74) is 6.25. The topological polar surface area (TPSA) is 57.2 Å². The van der Waals surface area contributed by atoms with Crippen LogP contribution in [0.5, 0.6) is 5.75 Å². The average molecular weight is 253 g/mol. The highest BCUT2D eigenvalue weighted by molar-refractivity contribution is 6.32. The Morgan fingerprint density at radius 3 is 2.88 bits per heavy atom. The largest absolute Gasteiger partial charge is 0.495 e. The van der Waals surface area contributed by atoms with Crippen molar-refractivity contribution in [2.24, 2.45) is 5.73 Å². The molecule has 90 valence electrons. The zero-order valence-corrected chi connectivity index (χ0v) is 10.2. The smallest absolute Gasteiger partial charge is 0.189 e. The van der Waals surface area contributed by atoms with Crippen LogP contribution in [0.2, 0.25) is 5.02 Å². The van der Waals surface area contributed by atoms with Crippen LogP contribution in [0.25, 0.3) is 10.9 Å². The third kappa shape index (κ3) is 2.14. The first kappa shape index (κ1) is 12.0. The molecule has 0 bridgehead atoms. The van der Waals surface area contributed by atoms with E-state index in [0.29, 0.717) is 29.2 Å². The second kappa shape index (κ2) is 4.77. The zero-order chi connectivity index (χ0) is 12.4. The van der Waals surface area contributed by atoms with Gasteiger partial charge in [0.2, 0.25) is 0 Å². The lowest BCUT2D eigenvalue weighted by atomic mass is 10.2. The van der Waals surface area contributed by atoms with E-state index in [1.165, 1.54) is 13.2 Å². The third-order valence-corrected chi connectivity index (χ3v) is 2.92. The van der Waals surface area contributed by atoms with Gasteiger partial charge in [-0.1, -0.05) is 11.6 Å². The summed E-state index contributed by atoms with van der Waals surface area (Å²) in [7, 11) is 1.52. The molecule has 2 rings (SSSR count). The van der Waals surface area contributed by atoms with Gasteiger partial charge < -0.3 is 15.0 Å². The summed E-state index contributed by atoms with van der Waals surface area (Å²) in [6.45, 7) is 1.14. The molecular formula is C12H13ClN2O2. The van der Waals surface area contributed by atoms with Crippen molar-refractivity contribution in [1.29, 1.82) is 0 Å². The molecule has 1 aromatic carbocycles. The van der Waals surface area contributed by atoms with E-state index in [1.54, 1.807) is 18.3 Å². The van der Waals surface area contributed by atoms with Gasteiger partial charge in [-0.05, 0) is 12.1 Å². The van der Waals surface area contributed by atoms with Gasteiger partial charge in [-0.2, -0.15) is 0 Å². The van der Waals surface area contributed by atoms with Gasteiger partial charge in [0.05, 0.1) is 17.6 Å². The van der Waals surface area contributed by atoms with E-state index in [4.69, 9.17) is 22.1 Å².